The van der Waals surface area contributed by atoms with Gasteiger partial charge in [0.05, 0.1) is 13.7 Å². The molecule has 1 aromatic rings. The topological polar surface area (TPSA) is 38.8 Å². The van der Waals surface area contributed by atoms with E-state index < -0.39 is 0 Å². The van der Waals surface area contributed by atoms with Crippen LogP contribution in [-0.4, -0.2) is 44.2 Å². The molecule has 0 aliphatic carbocycles. The van der Waals surface area contributed by atoms with Crippen molar-refractivity contribution in [1.82, 2.24) is 4.90 Å². The maximum absolute atomic E-state index is 12.7. The quantitative estimate of drug-likeness (QED) is 0.677. The van der Waals surface area contributed by atoms with Gasteiger partial charge in [-0.1, -0.05) is 6.92 Å². The molecule has 0 amide bonds. The van der Waals surface area contributed by atoms with Gasteiger partial charge < -0.3 is 9.47 Å². The molecule has 0 N–H and O–H groups in total. The number of hydrogen-bond acceptors (Lipinski definition) is 4. The Bertz CT molecular complexity index is 381. The summed E-state index contributed by atoms with van der Waals surface area (Å²) in [5.41, 5.74) is 0. The lowest BCUT2D eigenvalue weighted by Gasteiger charge is -2.20. The Morgan fingerprint density at radius 3 is 2.53 bits per heavy atom. The molecule has 0 fully saturated rings. The Balaban J connectivity index is 2.34. The van der Waals surface area contributed by atoms with Gasteiger partial charge >= 0.3 is 5.97 Å². The second-order valence-electron chi connectivity index (χ2n) is 4.15. The molecule has 0 spiro atoms. The van der Waals surface area contributed by atoms with Gasteiger partial charge in [0.25, 0.3) is 0 Å². The van der Waals surface area contributed by atoms with Gasteiger partial charge in [0, 0.05) is 6.54 Å². The van der Waals surface area contributed by atoms with E-state index in [1.807, 2.05) is 11.8 Å². The first-order valence-electron chi connectivity index (χ1n) is 6.33. The zero-order valence-corrected chi connectivity index (χ0v) is 11.4. The van der Waals surface area contributed by atoms with Crippen LogP contribution in [0, 0.1) is 5.82 Å². The van der Waals surface area contributed by atoms with Gasteiger partial charge in [-0.05, 0) is 37.2 Å². The predicted octanol–water partition coefficient (Wildman–Crippen LogP) is 2.09. The van der Waals surface area contributed by atoms with Crippen molar-refractivity contribution in [1.29, 1.82) is 0 Å². The van der Waals surface area contributed by atoms with Crippen LogP contribution in [0.5, 0.6) is 5.75 Å². The summed E-state index contributed by atoms with van der Waals surface area (Å²) in [6.07, 6.45) is 0.952. The number of carbonyl (C=O) groups is 1. The van der Waals surface area contributed by atoms with E-state index in [-0.39, 0.29) is 18.3 Å². The van der Waals surface area contributed by atoms with Crippen LogP contribution < -0.4 is 4.74 Å². The molecule has 5 heteroatoms. The number of nitrogens with zero attached hydrogens (tertiary/aromatic N) is 1. The molecule has 106 valence electrons. The van der Waals surface area contributed by atoms with Gasteiger partial charge in [-0.2, -0.15) is 0 Å². The highest BCUT2D eigenvalue weighted by atomic mass is 19.1. The Hall–Kier alpha value is -1.62. The highest BCUT2D eigenvalue weighted by Crippen LogP contribution is 2.10. The number of halogens is 1. The van der Waals surface area contributed by atoms with E-state index in [1.54, 1.807) is 12.1 Å². The van der Waals surface area contributed by atoms with E-state index in [9.17, 15) is 9.18 Å². The molecule has 1 aromatic carbocycles. The summed E-state index contributed by atoms with van der Waals surface area (Å²) in [4.78, 5) is 13.2. The molecule has 0 unspecified atom stereocenters. The standard InChI is InChI=1S/C14H20FNO3/c1-3-8-16(11-14(17)18-2)9-10-19-13-6-4-12(15)5-7-13/h4-7H,3,8-11H2,1-2H3. The third-order valence-corrected chi connectivity index (χ3v) is 2.61. The number of esters is 1. The average Bonchev–Trinajstić information content (AvgIpc) is 2.41. The Morgan fingerprint density at radius 1 is 1.26 bits per heavy atom. The fourth-order valence-corrected chi connectivity index (χ4v) is 1.66. The summed E-state index contributed by atoms with van der Waals surface area (Å²) >= 11 is 0. The molecule has 0 radical (unpaired) electrons. The van der Waals surface area contributed by atoms with Gasteiger partial charge in [-0.15, -0.1) is 0 Å². The molecule has 0 atom stereocenters. The van der Waals surface area contributed by atoms with Crippen molar-refractivity contribution in [3.05, 3.63) is 30.1 Å². The minimum atomic E-state index is -0.286. The second-order valence-corrected chi connectivity index (χ2v) is 4.15. The Labute approximate surface area is 113 Å². The minimum absolute atomic E-state index is 0.254. The number of ether oxygens (including phenoxy) is 2. The lowest BCUT2D eigenvalue weighted by molar-refractivity contribution is -0.142. The molecule has 1 rings (SSSR count). The fourth-order valence-electron chi connectivity index (χ4n) is 1.66. The predicted molar refractivity (Wildman–Crippen MR) is 70.6 cm³/mol. The zero-order valence-electron chi connectivity index (χ0n) is 11.4. The normalized spacial score (nSPS) is 10.5. The summed E-state index contributed by atoms with van der Waals surface area (Å²) < 4.78 is 22.8. The average molecular weight is 269 g/mol. The molecule has 0 saturated heterocycles. The number of hydrogen-bond donors (Lipinski definition) is 0. The van der Waals surface area contributed by atoms with Crippen molar-refractivity contribution in [2.45, 2.75) is 13.3 Å². The van der Waals surface area contributed by atoms with Gasteiger partial charge in [-0.3, -0.25) is 9.69 Å². The van der Waals surface area contributed by atoms with Crippen LogP contribution in [0.1, 0.15) is 13.3 Å². The maximum Gasteiger partial charge on any atom is 0.319 e. The van der Waals surface area contributed by atoms with Crippen molar-refractivity contribution in [3.8, 4) is 5.75 Å². The highest BCUT2D eigenvalue weighted by Gasteiger charge is 2.09. The van der Waals surface area contributed by atoms with Crippen molar-refractivity contribution in [3.63, 3.8) is 0 Å². The monoisotopic (exact) mass is 269 g/mol. The summed E-state index contributed by atoms with van der Waals surface area (Å²) in [7, 11) is 1.38. The molecule has 0 aromatic heterocycles. The summed E-state index contributed by atoms with van der Waals surface area (Å²) in [5, 5.41) is 0. The van der Waals surface area contributed by atoms with Crippen LogP contribution >= 0.6 is 0 Å². The van der Waals surface area contributed by atoms with Gasteiger partial charge in [-0.25, -0.2) is 4.39 Å². The largest absolute Gasteiger partial charge is 0.492 e. The van der Waals surface area contributed by atoms with E-state index in [0.29, 0.717) is 18.9 Å². The molecular weight excluding hydrogens is 249 g/mol. The van der Waals surface area contributed by atoms with Crippen LogP contribution in [0.4, 0.5) is 4.39 Å². The molecule has 0 aliphatic heterocycles. The molecular formula is C14H20FNO3. The van der Waals surface area contributed by atoms with Crippen molar-refractivity contribution >= 4 is 5.97 Å². The van der Waals surface area contributed by atoms with E-state index in [2.05, 4.69) is 4.74 Å². The second kappa shape index (κ2) is 8.48. The lowest BCUT2D eigenvalue weighted by atomic mass is 10.3. The third kappa shape index (κ3) is 6.20. The molecule has 0 aliphatic rings. The van der Waals surface area contributed by atoms with Crippen molar-refractivity contribution in [2.75, 3.05) is 33.4 Å². The molecule has 0 bridgehead atoms. The molecule has 0 heterocycles. The maximum atomic E-state index is 12.7. The zero-order chi connectivity index (χ0) is 14.1. The fraction of sp³-hybridized carbons (Fsp3) is 0.500. The minimum Gasteiger partial charge on any atom is -0.492 e. The van der Waals surface area contributed by atoms with Crippen LogP contribution in [0.15, 0.2) is 24.3 Å². The smallest absolute Gasteiger partial charge is 0.319 e. The number of carbonyl (C=O) groups excluding carboxylic acids is 1. The number of rotatable bonds is 8. The van der Waals surface area contributed by atoms with E-state index in [0.717, 1.165) is 13.0 Å². The summed E-state index contributed by atoms with van der Waals surface area (Å²) in [5.74, 6) is 0.0804. The first-order valence-corrected chi connectivity index (χ1v) is 6.33. The Kier molecular flexibility index (Phi) is 6.89. The summed E-state index contributed by atoms with van der Waals surface area (Å²) in [6, 6.07) is 5.88. The van der Waals surface area contributed by atoms with Crippen LogP contribution in [-0.2, 0) is 9.53 Å². The first-order chi connectivity index (χ1) is 9.15. The summed E-state index contributed by atoms with van der Waals surface area (Å²) in [6.45, 7) is 4.19. The van der Waals surface area contributed by atoms with Crippen LogP contribution in [0.3, 0.4) is 0 Å². The van der Waals surface area contributed by atoms with Gasteiger partial charge in [0.15, 0.2) is 0 Å². The van der Waals surface area contributed by atoms with E-state index >= 15 is 0 Å². The molecule has 19 heavy (non-hydrogen) atoms. The highest BCUT2D eigenvalue weighted by molar-refractivity contribution is 5.71. The van der Waals surface area contributed by atoms with Gasteiger partial charge in [0.2, 0.25) is 0 Å². The lowest BCUT2D eigenvalue weighted by Crippen LogP contribution is -2.34. The SMILES string of the molecule is CCCN(CCOc1ccc(F)cc1)CC(=O)OC. The molecule has 4 nitrogen and oxygen atoms in total. The van der Waals surface area contributed by atoms with E-state index in [1.165, 1.54) is 19.2 Å². The number of benzene rings is 1. The van der Waals surface area contributed by atoms with Crippen LogP contribution in [0.25, 0.3) is 0 Å². The first kappa shape index (κ1) is 15.4. The third-order valence-electron chi connectivity index (χ3n) is 2.61. The van der Waals surface area contributed by atoms with Crippen LogP contribution in [0.2, 0.25) is 0 Å². The van der Waals surface area contributed by atoms with E-state index in [4.69, 9.17) is 4.74 Å². The Morgan fingerprint density at radius 2 is 1.95 bits per heavy atom. The number of methoxy groups -OCH3 is 1. The van der Waals surface area contributed by atoms with Crippen molar-refractivity contribution in [2.24, 2.45) is 0 Å². The van der Waals surface area contributed by atoms with Crippen molar-refractivity contribution < 1.29 is 18.7 Å². The van der Waals surface area contributed by atoms with Gasteiger partial charge in [0.1, 0.15) is 18.2 Å². The molecule has 0 saturated carbocycles.